The Kier molecular flexibility index (Phi) is 7.88. The van der Waals surface area contributed by atoms with E-state index in [2.05, 4.69) is 43.7 Å². The Morgan fingerprint density at radius 1 is 1.43 bits per heavy atom. The number of rotatable bonds is 8. The number of hydrogen-bond donors (Lipinski definition) is 0. The minimum Gasteiger partial charge on any atom is -0.486 e. The molecule has 0 fully saturated rings. The molecule has 3 nitrogen and oxygen atoms in total. The van der Waals surface area contributed by atoms with Gasteiger partial charge in [-0.1, -0.05) is 39.3 Å². The van der Waals surface area contributed by atoms with Crippen LogP contribution in [0.25, 0.3) is 0 Å². The summed E-state index contributed by atoms with van der Waals surface area (Å²) < 4.78 is 10.6. The van der Waals surface area contributed by atoms with Crippen LogP contribution in [0.4, 0.5) is 0 Å². The molecule has 3 heteroatoms. The van der Waals surface area contributed by atoms with Crippen molar-refractivity contribution in [2.75, 3.05) is 7.11 Å². The Balaban J connectivity index is 2.67. The van der Waals surface area contributed by atoms with E-state index in [0.29, 0.717) is 11.7 Å². The summed E-state index contributed by atoms with van der Waals surface area (Å²) in [5.74, 6) is 0.829. The minimum absolute atomic E-state index is 0.0621. The van der Waals surface area contributed by atoms with Crippen LogP contribution in [-0.4, -0.2) is 19.2 Å². The average molecular weight is 292 g/mol. The number of carbonyl (C=O) groups is 1. The second kappa shape index (κ2) is 9.43. The van der Waals surface area contributed by atoms with Gasteiger partial charge in [0.2, 0.25) is 0 Å². The molecule has 0 N–H and O–H groups in total. The molecule has 1 rings (SSSR count). The Morgan fingerprint density at radius 3 is 2.76 bits per heavy atom. The Hall–Kier alpha value is -1.51. The van der Waals surface area contributed by atoms with Gasteiger partial charge in [-0.15, -0.1) is 0 Å². The molecule has 0 aromatic heterocycles. The van der Waals surface area contributed by atoms with Gasteiger partial charge in [-0.2, -0.15) is 0 Å². The number of esters is 1. The lowest BCUT2D eigenvalue weighted by Gasteiger charge is -2.16. The number of unbranched alkanes of at least 4 members (excludes halogenated alkanes) is 1. The van der Waals surface area contributed by atoms with Crippen molar-refractivity contribution in [2.45, 2.75) is 59.0 Å². The van der Waals surface area contributed by atoms with Gasteiger partial charge in [0.05, 0.1) is 13.2 Å². The number of hydrogen-bond acceptors (Lipinski definition) is 3. The van der Waals surface area contributed by atoms with Crippen LogP contribution < -0.4 is 0 Å². The van der Waals surface area contributed by atoms with Gasteiger partial charge in [0.25, 0.3) is 0 Å². The highest BCUT2D eigenvalue weighted by atomic mass is 16.5. The van der Waals surface area contributed by atoms with Crippen LogP contribution in [0, 0.1) is 5.92 Å². The SMILES string of the molecule is CCCC=CC(CC)CC1C=C(CC)C(=CC(=O)OC)O1. The van der Waals surface area contributed by atoms with Gasteiger partial charge in [0, 0.05) is 0 Å². The zero-order chi connectivity index (χ0) is 15.7. The fraction of sp³-hybridized carbons (Fsp3) is 0.611. The molecule has 0 spiro atoms. The van der Waals surface area contributed by atoms with Gasteiger partial charge in [-0.3, -0.25) is 0 Å². The van der Waals surface area contributed by atoms with E-state index >= 15 is 0 Å². The number of ether oxygens (including phenoxy) is 2. The zero-order valence-corrected chi connectivity index (χ0v) is 13.7. The second-order valence-electron chi connectivity index (χ2n) is 5.35. The first-order chi connectivity index (χ1) is 10.1. The molecule has 118 valence electrons. The Labute approximate surface area is 128 Å². The maximum atomic E-state index is 11.4. The lowest BCUT2D eigenvalue weighted by molar-refractivity contribution is -0.135. The van der Waals surface area contributed by atoms with Gasteiger partial charge in [0.15, 0.2) is 0 Å². The smallest absolute Gasteiger partial charge is 0.334 e. The number of allylic oxidation sites excluding steroid dienone is 3. The molecule has 0 aromatic rings. The van der Waals surface area contributed by atoms with Crippen LogP contribution in [0.2, 0.25) is 0 Å². The molecule has 2 atom stereocenters. The summed E-state index contributed by atoms with van der Waals surface area (Å²) in [5.41, 5.74) is 1.10. The van der Waals surface area contributed by atoms with Crippen LogP contribution in [0.5, 0.6) is 0 Å². The summed E-state index contributed by atoms with van der Waals surface area (Å²) in [7, 11) is 1.38. The average Bonchev–Trinajstić information content (AvgIpc) is 2.87. The van der Waals surface area contributed by atoms with Crippen molar-refractivity contribution < 1.29 is 14.3 Å². The quantitative estimate of drug-likeness (QED) is 0.374. The van der Waals surface area contributed by atoms with Gasteiger partial charge < -0.3 is 9.47 Å². The van der Waals surface area contributed by atoms with Crippen molar-refractivity contribution in [1.82, 2.24) is 0 Å². The Morgan fingerprint density at radius 2 is 2.19 bits per heavy atom. The molecule has 0 saturated heterocycles. The maximum absolute atomic E-state index is 11.4. The van der Waals surface area contributed by atoms with E-state index in [-0.39, 0.29) is 12.1 Å². The van der Waals surface area contributed by atoms with Crippen LogP contribution >= 0.6 is 0 Å². The molecule has 2 unspecified atom stereocenters. The summed E-state index contributed by atoms with van der Waals surface area (Å²) in [6, 6.07) is 0. The molecule has 0 aromatic carbocycles. The van der Waals surface area contributed by atoms with E-state index in [1.54, 1.807) is 0 Å². The van der Waals surface area contributed by atoms with Crippen LogP contribution in [-0.2, 0) is 14.3 Å². The minimum atomic E-state index is -0.361. The molecule has 0 saturated carbocycles. The molecule has 0 bridgehead atoms. The van der Waals surface area contributed by atoms with Gasteiger partial charge >= 0.3 is 5.97 Å². The predicted molar refractivity (Wildman–Crippen MR) is 85.8 cm³/mol. The lowest BCUT2D eigenvalue weighted by Crippen LogP contribution is -2.10. The van der Waals surface area contributed by atoms with E-state index in [4.69, 9.17) is 4.74 Å². The zero-order valence-electron chi connectivity index (χ0n) is 13.7. The third-order valence-corrected chi connectivity index (χ3v) is 3.74. The lowest BCUT2D eigenvalue weighted by atomic mass is 9.97. The first-order valence-corrected chi connectivity index (χ1v) is 7.98. The molecule has 0 amide bonds. The molecular weight excluding hydrogens is 264 g/mol. The van der Waals surface area contributed by atoms with Crippen LogP contribution in [0.15, 0.2) is 35.6 Å². The van der Waals surface area contributed by atoms with Crippen molar-refractivity contribution in [3.05, 3.63) is 35.6 Å². The molecule has 1 aliphatic rings. The van der Waals surface area contributed by atoms with E-state index in [1.807, 2.05) is 0 Å². The van der Waals surface area contributed by atoms with Crippen molar-refractivity contribution in [2.24, 2.45) is 5.92 Å². The largest absolute Gasteiger partial charge is 0.486 e. The highest BCUT2D eigenvalue weighted by Crippen LogP contribution is 2.30. The van der Waals surface area contributed by atoms with Crippen molar-refractivity contribution >= 4 is 5.97 Å². The van der Waals surface area contributed by atoms with E-state index in [1.165, 1.54) is 19.6 Å². The fourth-order valence-corrected chi connectivity index (χ4v) is 2.42. The van der Waals surface area contributed by atoms with Crippen LogP contribution in [0.1, 0.15) is 52.9 Å². The van der Waals surface area contributed by atoms with Crippen molar-refractivity contribution in [3.63, 3.8) is 0 Å². The summed E-state index contributed by atoms with van der Waals surface area (Å²) in [4.78, 5) is 11.4. The molecule has 0 aliphatic carbocycles. The van der Waals surface area contributed by atoms with Crippen LogP contribution in [0.3, 0.4) is 0 Å². The summed E-state index contributed by atoms with van der Waals surface area (Å²) in [6.45, 7) is 6.46. The summed E-state index contributed by atoms with van der Waals surface area (Å²) in [5, 5.41) is 0. The molecule has 1 aliphatic heterocycles. The van der Waals surface area contributed by atoms with Crippen molar-refractivity contribution in [3.8, 4) is 0 Å². The predicted octanol–water partition coefficient (Wildman–Crippen LogP) is 4.55. The third kappa shape index (κ3) is 5.78. The molecule has 1 heterocycles. The number of methoxy groups -OCH3 is 1. The normalized spacial score (nSPS) is 21.4. The summed E-state index contributed by atoms with van der Waals surface area (Å²) in [6.07, 6.45) is 13.4. The van der Waals surface area contributed by atoms with E-state index in [9.17, 15) is 4.79 Å². The molecule has 0 radical (unpaired) electrons. The van der Waals surface area contributed by atoms with Gasteiger partial charge in [0.1, 0.15) is 11.9 Å². The first-order valence-electron chi connectivity index (χ1n) is 7.98. The highest BCUT2D eigenvalue weighted by molar-refractivity contribution is 5.83. The third-order valence-electron chi connectivity index (χ3n) is 3.74. The van der Waals surface area contributed by atoms with E-state index < -0.39 is 0 Å². The summed E-state index contributed by atoms with van der Waals surface area (Å²) >= 11 is 0. The molecular formula is C18H28O3. The monoisotopic (exact) mass is 292 g/mol. The first kappa shape index (κ1) is 17.5. The van der Waals surface area contributed by atoms with Gasteiger partial charge in [-0.05, 0) is 43.3 Å². The fourth-order valence-electron chi connectivity index (χ4n) is 2.42. The van der Waals surface area contributed by atoms with Gasteiger partial charge in [-0.25, -0.2) is 4.79 Å². The topological polar surface area (TPSA) is 35.5 Å². The number of carbonyl (C=O) groups excluding carboxylic acids is 1. The highest BCUT2D eigenvalue weighted by Gasteiger charge is 2.23. The standard InChI is InChI=1S/C18H28O3/c1-5-8-9-10-14(6-2)11-16-12-15(7-3)17(21-16)13-18(19)20-4/h9-10,12-14,16H,5-8,11H2,1-4H3. The van der Waals surface area contributed by atoms with E-state index in [0.717, 1.165) is 31.3 Å². The maximum Gasteiger partial charge on any atom is 0.334 e. The Bertz CT molecular complexity index is 418. The second-order valence-corrected chi connectivity index (χ2v) is 5.35. The van der Waals surface area contributed by atoms with Crippen molar-refractivity contribution in [1.29, 1.82) is 0 Å². The molecule has 21 heavy (non-hydrogen) atoms.